The lowest BCUT2D eigenvalue weighted by molar-refractivity contribution is -0.115. The first kappa shape index (κ1) is 22.2. The molecule has 9 heteroatoms. The van der Waals surface area contributed by atoms with Crippen LogP contribution in [0.2, 0.25) is 0 Å². The molecule has 0 aromatic heterocycles. The zero-order valence-electron chi connectivity index (χ0n) is 16.9. The topological polar surface area (TPSA) is 108 Å². The summed E-state index contributed by atoms with van der Waals surface area (Å²) >= 11 is 0. The van der Waals surface area contributed by atoms with Crippen molar-refractivity contribution in [3.8, 4) is 0 Å². The molecular weight excluding hydrogens is 380 g/mol. The number of carbonyl (C=O) groups is 2. The maximum atomic E-state index is 12.4. The third-order valence-electron chi connectivity index (χ3n) is 5.07. The van der Waals surface area contributed by atoms with Crippen LogP contribution in [0.3, 0.4) is 0 Å². The number of benzene rings is 1. The van der Waals surface area contributed by atoms with E-state index < -0.39 is 15.9 Å². The van der Waals surface area contributed by atoms with Crippen molar-refractivity contribution in [2.24, 2.45) is 5.92 Å². The number of carbonyl (C=O) groups excluding carboxylic acids is 2. The molecule has 28 heavy (non-hydrogen) atoms. The molecule has 0 unspecified atom stereocenters. The summed E-state index contributed by atoms with van der Waals surface area (Å²) in [7, 11) is -0.703. The molecule has 8 nitrogen and oxygen atoms in total. The van der Waals surface area contributed by atoms with Gasteiger partial charge in [-0.2, -0.15) is 0 Å². The number of rotatable bonds is 6. The molecule has 3 N–H and O–H groups in total. The maximum absolute atomic E-state index is 12.4. The number of urea groups is 1. The predicted molar refractivity (Wildman–Crippen MR) is 109 cm³/mol. The van der Waals surface area contributed by atoms with Gasteiger partial charge in [0.15, 0.2) is 0 Å². The zero-order valence-corrected chi connectivity index (χ0v) is 17.7. The van der Waals surface area contributed by atoms with Crippen LogP contribution < -0.4 is 16.0 Å². The second kappa shape index (κ2) is 9.38. The lowest BCUT2D eigenvalue weighted by Crippen LogP contribution is -2.47. The minimum Gasteiger partial charge on any atom is -0.335 e. The van der Waals surface area contributed by atoms with Crippen LogP contribution in [-0.4, -0.2) is 51.3 Å². The van der Waals surface area contributed by atoms with Crippen molar-refractivity contribution < 1.29 is 18.0 Å². The highest BCUT2D eigenvalue weighted by Crippen LogP contribution is 2.24. The summed E-state index contributed by atoms with van der Waals surface area (Å²) in [5.41, 5.74) is 0.949. The molecule has 1 aliphatic rings. The van der Waals surface area contributed by atoms with Crippen LogP contribution in [0.15, 0.2) is 23.1 Å². The van der Waals surface area contributed by atoms with E-state index in [2.05, 4.69) is 22.9 Å². The van der Waals surface area contributed by atoms with Gasteiger partial charge in [-0.1, -0.05) is 25.8 Å². The van der Waals surface area contributed by atoms with Crippen LogP contribution in [0.25, 0.3) is 0 Å². The number of nitrogens with one attached hydrogen (secondary N) is 3. The molecule has 0 heterocycles. The molecule has 1 fully saturated rings. The Hall–Kier alpha value is -2.13. The van der Waals surface area contributed by atoms with Gasteiger partial charge in [0, 0.05) is 25.8 Å². The van der Waals surface area contributed by atoms with Crippen molar-refractivity contribution in [3.63, 3.8) is 0 Å². The van der Waals surface area contributed by atoms with Crippen LogP contribution in [0.4, 0.5) is 10.5 Å². The molecular formula is C19H30N4O4S. The fraction of sp³-hybridized carbons (Fsp3) is 0.579. The Morgan fingerprint density at radius 3 is 2.50 bits per heavy atom. The van der Waals surface area contributed by atoms with Crippen molar-refractivity contribution in [1.29, 1.82) is 0 Å². The highest BCUT2D eigenvalue weighted by atomic mass is 32.2. The number of aryl methyl sites for hydroxylation is 1. The zero-order chi connectivity index (χ0) is 20.9. The molecule has 0 bridgehead atoms. The Morgan fingerprint density at radius 1 is 1.18 bits per heavy atom. The summed E-state index contributed by atoms with van der Waals surface area (Å²) in [5, 5.41) is 8.10. The van der Waals surface area contributed by atoms with Gasteiger partial charge in [0.05, 0.1) is 11.4 Å². The summed E-state index contributed by atoms with van der Waals surface area (Å²) in [6.45, 7) is 3.62. The molecule has 0 spiro atoms. The SMILES string of the molecule is Cc1ccc(NC(=O)CNC(=O)N[C@@H]2CCCC[C@H]2C)cc1S(=O)(=O)N(C)C. The van der Waals surface area contributed by atoms with Gasteiger partial charge in [0.1, 0.15) is 0 Å². The number of amides is 3. The van der Waals surface area contributed by atoms with E-state index in [-0.39, 0.29) is 23.5 Å². The van der Waals surface area contributed by atoms with Crippen molar-refractivity contribution >= 4 is 27.6 Å². The van der Waals surface area contributed by atoms with E-state index in [0.717, 1.165) is 23.6 Å². The van der Waals surface area contributed by atoms with E-state index in [1.807, 2.05) is 0 Å². The third-order valence-corrected chi connectivity index (χ3v) is 7.03. The minimum atomic E-state index is -3.61. The van der Waals surface area contributed by atoms with Crippen molar-refractivity contribution in [3.05, 3.63) is 23.8 Å². The monoisotopic (exact) mass is 410 g/mol. The highest BCUT2D eigenvalue weighted by molar-refractivity contribution is 7.89. The van der Waals surface area contributed by atoms with Crippen LogP contribution in [0.5, 0.6) is 0 Å². The van der Waals surface area contributed by atoms with Gasteiger partial charge in [-0.25, -0.2) is 17.5 Å². The second-order valence-electron chi connectivity index (χ2n) is 7.51. The summed E-state index contributed by atoms with van der Waals surface area (Å²) in [4.78, 5) is 24.3. The molecule has 156 valence electrons. The fourth-order valence-corrected chi connectivity index (χ4v) is 4.41. The average Bonchev–Trinajstić information content (AvgIpc) is 2.63. The Bertz CT molecular complexity index is 823. The van der Waals surface area contributed by atoms with Crippen LogP contribution in [0.1, 0.15) is 38.2 Å². The molecule has 2 atom stereocenters. The molecule has 3 amide bonds. The van der Waals surface area contributed by atoms with Gasteiger partial charge >= 0.3 is 6.03 Å². The number of nitrogens with zero attached hydrogens (tertiary/aromatic N) is 1. The molecule has 1 aliphatic carbocycles. The van der Waals surface area contributed by atoms with Gasteiger partial charge < -0.3 is 16.0 Å². The van der Waals surface area contributed by atoms with Gasteiger partial charge in [-0.15, -0.1) is 0 Å². The van der Waals surface area contributed by atoms with E-state index >= 15 is 0 Å². The number of sulfonamides is 1. The minimum absolute atomic E-state index is 0.132. The Labute approximate surface area is 167 Å². The summed E-state index contributed by atoms with van der Waals surface area (Å²) < 4.78 is 25.9. The molecule has 1 saturated carbocycles. The average molecular weight is 411 g/mol. The lowest BCUT2D eigenvalue weighted by atomic mass is 9.86. The normalized spacial score (nSPS) is 19.9. The quantitative estimate of drug-likeness (QED) is 0.667. The smallest absolute Gasteiger partial charge is 0.315 e. The van der Waals surface area contributed by atoms with E-state index in [1.165, 1.54) is 26.6 Å². The largest absolute Gasteiger partial charge is 0.335 e. The molecule has 0 radical (unpaired) electrons. The molecule has 2 rings (SSSR count). The standard InChI is InChI=1S/C19H30N4O4S/c1-13-7-5-6-8-16(13)22-19(25)20-12-18(24)21-15-10-9-14(2)17(11-15)28(26,27)23(3)4/h9-11,13,16H,5-8,12H2,1-4H3,(H,21,24)(H2,20,22,25)/t13-,16-/m1/s1. The first-order chi connectivity index (χ1) is 13.1. The maximum Gasteiger partial charge on any atom is 0.315 e. The molecule has 0 aliphatic heterocycles. The van der Waals surface area contributed by atoms with Crippen LogP contribution in [-0.2, 0) is 14.8 Å². The number of anilines is 1. The molecule has 0 saturated heterocycles. The first-order valence-corrected chi connectivity index (χ1v) is 10.9. The number of hydrogen-bond acceptors (Lipinski definition) is 4. The van der Waals surface area contributed by atoms with Gasteiger partial charge in [0.2, 0.25) is 15.9 Å². The fourth-order valence-electron chi connectivity index (χ4n) is 3.27. The molecule has 1 aromatic rings. The third kappa shape index (κ3) is 5.68. The second-order valence-corrected chi connectivity index (χ2v) is 9.63. The van der Waals surface area contributed by atoms with Crippen LogP contribution >= 0.6 is 0 Å². The van der Waals surface area contributed by atoms with E-state index in [9.17, 15) is 18.0 Å². The van der Waals surface area contributed by atoms with E-state index in [0.29, 0.717) is 17.2 Å². The van der Waals surface area contributed by atoms with Gasteiger partial charge in [-0.05, 0) is 43.4 Å². The summed E-state index contributed by atoms with van der Waals surface area (Å²) in [5.74, 6) is 0.00171. The summed E-state index contributed by atoms with van der Waals surface area (Å²) in [6, 6.07) is 4.45. The highest BCUT2D eigenvalue weighted by Gasteiger charge is 2.23. The van der Waals surface area contributed by atoms with Gasteiger partial charge in [0.25, 0.3) is 0 Å². The lowest BCUT2D eigenvalue weighted by Gasteiger charge is -2.29. The summed E-state index contributed by atoms with van der Waals surface area (Å²) in [6.07, 6.45) is 4.33. The Morgan fingerprint density at radius 2 is 1.86 bits per heavy atom. The first-order valence-electron chi connectivity index (χ1n) is 9.48. The molecule has 1 aromatic carbocycles. The predicted octanol–water partition coefficient (Wildman–Crippen LogP) is 2.06. The van der Waals surface area contributed by atoms with Crippen LogP contribution in [0, 0.1) is 12.8 Å². The number of hydrogen-bond donors (Lipinski definition) is 3. The van der Waals surface area contributed by atoms with Crippen molar-refractivity contribution in [2.75, 3.05) is 26.0 Å². The Balaban J connectivity index is 1.92. The van der Waals surface area contributed by atoms with Crippen molar-refractivity contribution in [2.45, 2.75) is 50.5 Å². The van der Waals surface area contributed by atoms with E-state index in [1.54, 1.807) is 19.1 Å². The van der Waals surface area contributed by atoms with Gasteiger partial charge in [-0.3, -0.25) is 4.79 Å². The van der Waals surface area contributed by atoms with E-state index in [4.69, 9.17) is 0 Å². The Kier molecular flexibility index (Phi) is 7.42. The van der Waals surface area contributed by atoms with Crippen molar-refractivity contribution in [1.82, 2.24) is 14.9 Å².